The van der Waals surface area contributed by atoms with Crippen LogP contribution in [0.2, 0.25) is 0 Å². The molecule has 1 heterocycles. The van der Waals surface area contributed by atoms with Crippen LogP contribution in [0.25, 0.3) is 11.1 Å². The maximum atomic E-state index is 6.51. The van der Waals surface area contributed by atoms with E-state index in [0.717, 1.165) is 61.2 Å². The maximum absolute atomic E-state index is 6.51. The minimum atomic E-state index is -0.771. The molecule has 6 nitrogen and oxygen atoms in total. The van der Waals surface area contributed by atoms with Gasteiger partial charge in [0.1, 0.15) is 5.75 Å². The summed E-state index contributed by atoms with van der Waals surface area (Å²) in [6, 6.07) is 14.8. The summed E-state index contributed by atoms with van der Waals surface area (Å²) in [5.41, 5.74) is 10.1. The van der Waals surface area contributed by atoms with Crippen LogP contribution in [0.5, 0.6) is 5.75 Å². The molecule has 2 aliphatic carbocycles. The smallest absolute Gasteiger partial charge is 0.220 e. The summed E-state index contributed by atoms with van der Waals surface area (Å²) in [7, 11) is 3.54. The molecule has 6 heteroatoms. The molecule has 2 aromatic carbocycles. The van der Waals surface area contributed by atoms with Gasteiger partial charge in [0.15, 0.2) is 0 Å². The highest BCUT2D eigenvalue weighted by molar-refractivity contribution is 5.79. The van der Waals surface area contributed by atoms with E-state index in [1.54, 1.807) is 12.2 Å². The molecule has 0 radical (unpaired) electrons. The largest absolute Gasteiger partial charge is 0.497 e. The SMILES string of the molecule is CCO[C@H]1CC[C@@]2(CC1)Cc1ccc(-c3cccc(OC)c3)cc1C21N=C(N)N(C)O1. The van der Waals surface area contributed by atoms with Crippen molar-refractivity contribution in [3.63, 3.8) is 0 Å². The van der Waals surface area contributed by atoms with Gasteiger partial charge in [0.05, 0.1) is 13.2 Å². The Balaban J connectivity index is 1.58. The standard InChI is InChI=1S/C25H31N3O3/c1-4-30-20-10-12-24(13-11-20)16-19-9-8-18(17-6-5-7-21(14-17)29-3)15-22(19)25(24)27-23(26)28(2)31-25/h5-9,14-15,20H,4,10-13,16H2,1-3H3,(H2,26,27)/t20-,24+,25?. The summed E-state index contributed by atoms with van der Waals surface area (Å²) in [4.78, 5) is 11.5. The molecular formula is C25H31N3O3. The first kappa shape index (κ1) is 20.3. The number of hydroxylamine groups is 2. The number of aliphatic imine (C=N–C) groups is 1. The molecule has 0 aromatic heterocycles. The van der Waals surface area contributed by atoms with Crippen LogP contribution in [0.1, 0.15) is 43.7 Å². The lowest BCUT2D eigenvalue weighted by atomic mass is 9.66. The molecule has 2 spiro atoms. The minimum Gasteiger partial charge on any atom is -0.497 e. The van der Waals surface area contributed by atoms with Crippen molar-refractivity contribution in [1.82, 2.24) is 5.06 Å². The van der Waals surface area contributed by atoms with Gasteiger partial charge >= 0.3 is 0 Å². The number of nitrogens with two attached hydrogens (primary N) is 1. The Kier molecular flexibility index (Phi) is 4.94. The van der Waals surface area contributed by atoms with E-state index >= 15 is 0 Å². The van der Waals surface area contributed by atoms with Gasteiger partial charge in [-0.2, -0.15) is 0 Å². The van der Waals surface area contributed by atoms with Crippen LogP contribution in [0, 0.1) is 5.41 Å². The Bertz CT molecular complexity index is 1010. The number of rotatable bonds is 4. The van der Waals surface area contributed by atoms with Crippen LogP contribution in [0.4, 0.5) is 0 Å². The zero-order chi connectivity index (χ0) is 21.6. The van der Waals surface area contributed by atoms with Gasteiger partial charge in [0.25, 0.3) is 0 Å². The molecule has 1 saturated carbocycles. The summed E-state index contributed by atoms with van der Waals surface area (Å²) in [6.45, 7) is 2.83. The van der Waals surface area contributed by atoms with Crippen LogP contribution < -0.4 is 10.5 Å². The van der Waals surface area contributed by atoms with Crippen molar-refractivity contribution in [2.24, 2.45) is 16.1 Å². The number of nitrogens with zero attached hydrogens (tertiary/aromatic N) is 2. The molecule has 1 unspecified atom stereocenters. The lowest BCUT2D eigenvalue weighted by Crippen LogP contribution is -2.46. The van der Waals surface area contributed by atoms with E-state index in [1.807, 2.05) is 19.2 Å². The summed E-state index contributed by atoms with van der Waals surface area (Å²) in [5.74, 6) is 1.28. The molecule has 1 fully saturated rings. The molecule has 3 aliphatic rings. The van der Waals surface area contributed by atoms with E-state index in [1.165, 1.54) is 5.56 Å². The fourth-order valence-corrected chi connectivity index (χ4v) is 5.68. The van der Waals surface area contributed by atoms with Crippen molar-refractivity contribution in [1.29, 1.82) is 0 Å². The van der Waals surface area contributed by atoms with E-state index in [2.05, 4.69) is 37.3 Å². The van der Waals surface area contributed by atoms with E-state index in [4.69, 9.17) is 25.0 Å². The molecule has 2 N–H and O–H groups in total. The summed E-state index contributed by atoms with van der Waals surface area (Å²) >= 11 is 0. The second-order valence-corrected chi connectivity index (χ2v) is 8.92. The Morgan fingerprint density at radius 3 is 2.61 bits per heavy atom. The predicted octanol–water partition coefficient (Wildman–Crippen LogP) is 4.23. The molecule has 1 atom stereocenters. The Morgan fingerprint density at radius 1 is 1.16 bits per heavy atom. The molecule has 0 bridgehead atoms. The topological polar surface area (TPSA) is 69.3 Å². The fourth-order valence-electron chi connectivity index (χ4n) is 5.68. The van der Waals surface area contributed by atoms with Gasteiger partial charge in [0, 0.05) is 24.6 Å². The second kappa shape index (κ2) is 7.53. The van der Waals surface area contributed by atoms with Crippen molar-refractivity contribution in [2.45, 2.75) is 50.9 Å². The van der Waals surface area contributed by atoms with Crippen LogP contribution in [-0.4, -0.2) is 37.9 Å². The molecular weight excluding hydrogens is 390 g/mol. The van der Waals surface area contributed by atoms with Crippen molar-refractivity contribution in [2.75, 3.05) is 20.8 Å². The average Bonchev–Trinajstić information content (AvgIpc) is 3.23. The molecule has 31 heavy (non-hydrogen) atoms. The predicted molar refractivity (Wildman–Crippen MR) is 121 cm³/mol. The average molecular weight is 422 g/mol. The second-order valence-electron chi connectivity index (χ2n) is 8.92. The van der Waals surface area contributed by atoms with Gasteiger partial charge in [-0.3, -0.25) is 0 Å². The Morgan fingerprint density at radius 2 is 1.94 bits per heavy atom. The lowest BCUT2D eigenvalue weighted by Gasteiger charge is -2.45. The van der Waals surface area contributed by atoms with Crippen LogP contribution in [0.3, 0.4) is 0 Å². The van der Waals surface area contributed by atoms with Crippen molar-refractivity contribution in [3.05, 3.63) is 53.6 Å². The number of benzene rings is 2. The van der Waals surface area contributed by atoms with Crippen molar-refractivity contribution >= 4 is 5.96 Å². The van der Waals surface area contributed by atoms with Gasteiger partial charge < -0.3 is 15.2 Å². The molecule has 0 amide bonds. The summed E-state index contributed by atoms with van der Waals surface area (Å²) < 4.78 is 11.4. The van der Waals surface area contributed by atoms with Crippen molar-refractivity contribution < 1.29 is 14.3 Å². The highest BCUT2D eigenvalue weighted by atomic mass is 16.7. The Labute approximate surface area is 184 Å². The van der Waals surface area contributed by atoms with Crippen LogP contribution in [-0.2, 0) is 21.7 Å². The highest BCUT2D eigenvalue weighted by Crippen LogP contribution is 2.62. The van der Waals surface area contributed by atoms with Crippen LogP contribution >= 0.6 is 0 Å². The first-order valence-corrected chi connectivity index (χ1v) is 11.2. The number of hydrogen-bond donors (Lipinski definition) is 1. The van der Waals surface area contributed by atoms with Crippen LogP contribution in [0.15, 0.2) is 47.5 Å². The quantitative estimate of drug-likeness (QED) is 0.800. The Hall–Kier alpha value is -2.57. The number of hydrogen-bond acceptors (Lipinski definition) is 6. The van der Waals surface area contributed by atoms with Crippen molar-refractivity contribution in [3.8, 4) is 16.9 Å². The number of guanidine groups is 1. The first-order valence-electron chi connectivity index (χ1n) is 11.2. The number of methoxy groups -OCH3 is 1. The minimum absolute atomic E-state index is 0.106. The van der Waals surface area contributed by atoms with Gasteiger partial charge in [-0.15, -0.1) is 0 Å². The molecule has 0 saturated heterocycles. The molecule has 164 valence electrons. The van der Waals surface area contributed by atoms with Gasteiger partial charge in [-0.05, 0) is 73.9 Å². The number of ether oxygens (including phenoxy) is 2. The van der Waals surface area contributed by atoms with E-state index in [9.17, 15) is 0 Å². The molecule has 1 aliphatic heterocycles. The highest BCUT2D eigenvalue weighted by Gasteiger charge is 2.63. The van der Waals surface area contributed by atoms with Gasteiger partial charge in [-0.1, -0.05) is 24.3 Å². The first-order chi connectivity index (χ1) is 15.0. The fraction of sp³-hybridized carbons (Fsp3) is 0.480. The zero-order valence-corrected chi connectivity index (χ0v) is 18.6. The van der Waals surface area contributed by atoms with E-state index < -0.39 is 5.72 Å². The monoisotopic (exact) mass is 421 g/mol. The van der Waals surface area contributed by atoms with Gasteiger partial charge in [0.2, 0.25) is 11.7 Å². The number of fused-ring (bicyclic) bond motifs is 3. The van der Waals surface area contributed by atoms with E-state index in [0.29, 0.717) is 12.1 Å². The maximum Gasteiger partial charge on any atom is 0.220 e. The third-order valence-corrected chi connectivity index (χ3v) is 7.28. The third-order valence-electron chi connectivity index (χ3n) is 7.28. The third kappa shape index (κ3) is 3.12. The van der Waals surface area contributed by atoms with Gasteiger partial charge in [-0.25, -0.2) is 14.9 Å². The normalized spacial score (nSPS) is 29.5. The lowest BCUT2D eigenvalue weighted by molar-refractivity contribution is -0.232. The summed E-state index contributed by atoms with van der Waals surface area (Å²) in [5, 5.41) is 1.63. The van der Waals surface area contributed by atoms with E-state index in [-0.39, 0.29) is 5.41 Å². The summed E-state index contributed by atoms with van der Waals surface area (Å²) in [6.07, 6.45) is 5.33. The zero-order valence-electron chi connectivity index (χ0n) is 18.6. The molecule has 5 rings (SSSR count). The molecule has 2 aromatic rings.